The van der Waals surface area contributed by atoms with Gasteiger partial charge in [-0.2, -0.15) is 0 Å². The molecule has 2 bridgehead atoms. The van der Waals surface area contributed by atoms with Crippen molar-refractivity contribution in [3.63, 3.8) is 0 Å². The number of hydrogen-bond acceptors (Lipinski definition) is 2. The summed E-state index contributed by atoms with van der Waals surface area (Å²) >= 11 is 0. The molecule has 114 valence electrons. The van der Waals surface area contributed by atoms with Crippen molar-refractivity contribution in [2.45, 2.75) is 65.1 Å². The number of epoxide rings is 1. The molecule has 0 aromatic rings. The van der Waals surface area contributed by atoms with Gasteiger partial charge in [0, 0.05) is 5.57 Å². The highest BCUT2D eigenvalue weighted by Crippen LogP contribution is 2.49. The van der Waals surface area contributed by atoms with Gasteiger partial charge < -0.3 is 4.74 Å². The maximum Gasteiger partial charge on any atom is 0.194 e. The zero-order valence-corrected chi connectivity index (χ0v) is 13.4. The van der Waals surface area contributed by atoms with Crippen LogP contribution in [0.5, 0.6) is 0 Å². The number of rotatable bonds is 0. The molecule has 0 N–H and O–H groups in total. The third-order valence-electron chi connectivity index (χ3n) is 5.87. The van der Waals surface area contributed by atoms with Gasteiger partial charge in [0.05, 0.1) is 6.10 Å². The molecule has 0 radical (unpaired) electrons. The van der Waals surface area contributed by atoms with Crippen molar-refractivity contribution in [2.24, 2.45) is 11.3 Å². The molecule has 0 spiro atoms. The quantitative estimate of drug-likeness (QED) is 0.489. The largest absolute Gasteiger partial charge is 0.361 e. The molecule has 0 amide bonds. The van der Waals surface area contributed by atoms with E-state index in [0.29, 0.717) is 5.92 Å². The summed E-state index contributed by atoms with van der Waals surface area (Å²) in [5.41, 5.74) is 3.37. The minimum atomic E-state index is -0.209. The average Bonchev–Trinajstić information content (AvgIpc) is 3.21. The predicted molar refractivity (Wildman–Crippen MR) is 85.0 cm³/mol. The lowest BCUT2D eigenvalue weighted by atomic mass is 9.62. The second kappa shape index (κ2) is 5.24. The molecular weight excluding hydrogens is 260 g/mol. The van der Waals surface area contributed by atoms with Gasteiger partial charge in [-0.15, -0.1) is 0 Å². The third-order valence-corrected chi connectivity index (χ3v) is 5.87. The van der Waals surface area contributed by atoms with Crippen molar-refractivity contribution in [3.8, 4) is 0 Å². The minimum absolute atomic E-state index is 0.0262. The van der Waals surface area contributed by atoms with Gasteiger partial charge in [0.2, 0.25) is 0 Å². The Hall–Kier alpha value is -1.15. The zero-order valence-electron chi connectivity index (χ0n) is 13.4. The lowest BCUT2D eigenvalue weighted by Gasteiger charge is -2.41. The van der Waals surface area contributed by atoms with Crippen molar-refractivity contribution in [1.82, 2.24) is 0 Å². The first-order valence-electron chi connectivity index (χ1n) is 8.18. The number of carbonyl (C=O) groups is 1. The molecule has 3 rings (SSSR count). The molecule has 0 aromatic heterocycles. The Morgan fingerprint density at radius 1 is 1.38 bits per heavy atom. The monoisotopic (exact) mass is 286 g/mol. The molecule has 2 nitrogen and oxygen atoms in total. The smallest absolute Gasteiger partial charge is 0.194 e. The Kier molecular flexibility index (Phi) is 3.69. The standard InChI is InChI=1S/C19H26O2/c1-12-6-5-7-16-18(21-16)17(20)15-9-8-13(2)19(4,11-10-12)14(15)3/h6,9,13,16,18H,3,5,7-8,10-11H2,1-2,4H3/b12-6+/t13-,16-,18+,19-/m1/s1. The Morgan fingerprint density at radius 2 is 2.14 bits per heavy atom. The molecule has 0 saturated carbocycles. The first-order chi connectivity index (χ1) is 9.93. The third kappa shape index (κ3) is 2.55. The van der Waals surface area contributed by atoms with Crippen LogP contribution >= 0.6 is 0 Å². The second-order valence-electron chi connectivity index (χ2n) is 7.24. The highest BCUT2D eigenvalue weighted by molar-refractivity contribution is 6.04. The molecule has 0 unspecified atom stereocenters. The van der Waals surface area contributed by atoms with Crippen LogP contribution in [0.3, 0.4) is 0 Å². The molecular formula is C19H26O2. The average molecular weight is 286 g/mol. The van der Waals surface area contributed by atoms with E-state index in [2.05, 4.69) is 39.5 Å². The highest BCUT2D eigenvalue weighted by atomic mass is 16.6. The van der Waals surface area contributed by atoms with E-state index in [1.54, 1.807) is 0 Å². The highest BCUT2D eigenvalue weighted by Gasteiger charge is 2.48. The number of Topliss-reactive ketones (excluding diaryl/α,β-unsaturated/α-hetero) is 1. The van der Waals surface area contributed by atoms with Crippen LogP contribution in [-0.4, -0.2) is 18.0 Å². The van der Waals surface area contributed by atoms with Gasteiger partial charge in [0.25, 0.3) is 0 Å². The van der Waals surface area contributed by atoms with Gasteiger partial charge in [-0.1, -0.05) is 38.2 Å². The van der Waals surface area contributed by atoms with Crippen molar-refractivity contribution in [2.75, 3.05) is 0 Å². The van der Waals surface area contributed by atoms with Crippen LogP contribution in [-0.2, 0) is 9.53 Å². The topological polar surface area (TPSA) is 29.6 Å². The molecule has 2 heteroatoms. The van der Waals surface area contributed by atoms with Crippen LogP contribution in [0, 0.1) is 11.3 Å². The summed E-state index contributed by atoms with van der Waals surface area (Å²) in [5, 5.41) is 0. The number of ether oxygens (including phenoxy) is 1. The SMILES string of the molecule is C=C1C2=CC[C@@H](C)[C@@]1(C)CC/C(C)=C/CC[C@H]1O[C@@H]1C2=O. The lowest BCUT2D eigenvalue weighted by Crippen LogP contribution is -2.34. The molecule has 2 aliphatic carbocycles. The van der Waals surface area contributed by atoms with Crippen LogP contribution in [0.1, 0.15) is 52.9 Å². The fourth-order valence-corrected chi connectivity index (χ4v) is 3.73. The summed E-state index contributed by atoms with van der Waals surface area (Å²) in [5.74, 6) is 0.706. The molecule has 1 saturated heterocycles. The Bertz CT molecular complexity index is 540. The summed E-state index contributed by atoms with van der Waals surface area (Å²) in [4.78, 5) is 12.7. The molecule has 4 atom stereocenters. The predicted octanol–water partition coefficient (Wildman–Crippen LogP) is 4.37. The summed E-state index contributed by atoms with van der Waals surface area (Å²) in [6, 6.07) is 0. The van der Waals surface area contributed by atoms with E-state index in [0.717, 1.165) is 43.3 Å². The maximum absolute atomic E-state index is 12.7. The van der Waals surface area contributed by atoms with Crippen LogP contribution in [0.2, 0.25) is 0 Å². The second-order valence-corrected chi connectivity index (χ2v) is 7.24. The van der Waals surface area contributed by atoms with Crippen molar-refractivity contribution < 1.29 is 9.53 Å². The van der Waals surface area contributed by atoms with Crippen LogP contribution in [0.25, 0.3) is 0 Å². The van der Waals surface area contributed by atoms with E-state index in [-0.39, 0.29) is 23.4 Å². The first kappa shape index (κ1) is 14.8. The van der Waals surface area contributed by atoms with Crippen LogP contribution in [0.15, 0.2) is 35.5 Å². The molecule has 1 heterocycles. The minimum Gasteiger partial charge on any atom is -0.361 e. The van der Waals surface area contributed by atoms with Gasteiger partial charge in [0.15, 0.2) is 5.78 Å². The number of hydrogen-bond donors (Lipinski definition) is 0. The van der Waals surface area contributed by atoms with Crippen molar-refractivity contribution in [1.29, 1.82) is 0 Å². The zero-order chi connectivity index (χ0) is 15.2. The van der Waals surface area contributed by atoms with Crippen molar-refractivity contribution in [3.05, 3.63) is 35.5 Å². The Morgan fingerprint density at radius 3 is 2.90 bits per heavy atom. The van der Waals surface area contributed by atoms with Gasteiger partial charge in [-0.05, 0) is 55.9 Å². The van der Waals surface area contributed by atoms with Gasteiger partial charge >= 0.3 is 0 Å². The molecule has 0 aromatic carbocycles. The van der Waals surface area contributed by atoms with Crippen LogP contribution in [0.4, 0.5) is 0 Å². The van der Waals surface area contributed by atoms with E-state index in [1.807, 2.05) is 0 Å². The number of allylic oxidation sites excluding steroid dienone is 4. The van der Waals surface area contributed by atoms with E-state index in [1.165, 1.54) is 5.57 Å². The number of fused-ring (bicyclic) bond motifs is 3. The molecule has 1 fully saturated rings. The van der Waals surface area contributed by atoms with E-state index >= 15 is 0 Å². The van der Waals surface area contributed by atoms with Gasteiger partial charge in [0.1, 0.15) is 6.10 Å². The van der Waals surface area contributed by atoms with Crippen molar-refractivity contribution >= 4 is 5.78 Å². The lowest BCUT2D eigenvalue weighted by molar-refractivity contribution is -0.116. The Labute approximate surface area is 127 Å². The Balaban J connectivity index is 1.95. The summed E-state index contributed by atoms with van der Waals surface area (Å²) in [6.07, 6.45) is 9.46. The van der Waals surface area contributed by atoms with E-state index in [4.69, 9.17) is 4.74 Å². The molecule has 1 aliphatic heterocycles. The first-order valence-corrected chi connectivity index (χ1v) is 8.18. The van der Waals surface area contributed by atoms with E-state index in [9.17, 15) is 4.79 Å². The summed E-state index contributed by atoms with van der Waals surface area (Å²) in [6.45, 7) is 11.1. The summed E-state index contributed by atoms with van der Waals surface area (Å²) in [7, 11) is 0. The van der Waals surface area contributed by atoms with Crippen LogP contribution < -0.4 is 0 Å². The number of ketones is 1. The number of carbonyl (C=O) groups excluding carboxylic acids is 1. The van der Waals surface area contributed by atoms with E-state index < -0.39 is 0 Å². The molecule has 21 heavy (non-hydrogen) atoms. The fourth-order valence-electron chi connectivity index (χ4n) is 3.73. The van der Waals surface area contributed by atoms with Gasteiger partial charge in [-0.3, -0.25) is 4.79 Å². The summed E-state index contributed by atoms with van der Waals surface area (Å²) < 4.78 is 5.62. The fraction of sp³-hybridized carbons (Fsp3) is 0.632. The normalized spacial score (nSPS) is 42.9. The molecule has 3 aliphatic rings. The van der Waals surface area contributed by atoms with Gasteiger partial charge in [-0.25, -0.2) is 0 Å². The maximum atomic E-state index is 12.7.